The van der Waals surface area contributed by atoms with Crippen LogP contribution >= 0.6 is 0 Å². The van der Waals surface area contributed by atoms with Crippen LogP contribution in [0.5, 0.6) is 0 Å². The normalized spacial score (nSPS) is 23.5. The van der Waals surface area contributed by atoms with Crippen molar-refractivity contribution >= 4 is 23.3 Å². The highest BCUT2D eigenvalue weighted by Gasteiger charge is 2.40. The molecule has 3 atom stereocenters. The summed E-state index contributed by atoms with van der Waals surface area (Å²) in [5, 5.41) is 12.7. The first-order chi connectivity index (χ1) is 13.1. The van der Waals surface area contributed by atoms with E-state index in [-0.39, 0.29) is 12.3 Å². The maximum absolute atomic E-state index is 13.1. The van der Waals surface area contributed by atoms with Crippen LogP contribution < -0.4 is 5.32 Å². The zero-order valence-electron chi connectivity index (χ0n) is 14.8. The fourth-order valence-electron chi connectivity index (χ4n) is 4.22. The molecule has 10 heteroatoms. The molecule has 2 aliphatic rings. The summed E-state index contributed by atoms with van der Waals surface area (Å²) >= 11 is 0. The van der Waals surface area contributed by atoms with Gasteiger partial charge >= 0.3 is 12.1 Å². The number of amides is 1. The molecule has 1 aromatic rings. The number of ether oxygens (including phenoxy) is 1. The lowest BCUT2D eigenvalue weighted by Gasteiger charge is -2.20. The van der Waals surface area contributed by atoms with Gasteiger partial charge in [0, 0.05) is 18.6 Å². The van der Waals surface area contributed by atoms with Crippen LogP contribution in [0, 0.1) is 27.9 Å². The summed E-state index contributed by atoms with van der Waals surface area (Å²) in [4.78, 5) is 33.5. The van der Waals surface area contributed by atoms with Crippen LogP contribution in [0.2, 0.25) is 0 Å². The second kappa shape index (κ2) is 7.76. The summed E-state index contributed by atoms with van der Waals surface area (Å²) in [6, 6.07) is 2.00. The predicted molar refractivity (Wildman–Crippen MR) is 91.2 cm³/mol. The molecule has 1 N–H and O–H groups in total. The second-order valence-corrected chi connectivity index (χ2v) is 7.33. The van der Waals surface area contributed by atoms with Crippen LogP contribution in [0.3, 0.4) is 0 Å². The monoisotopic (exact) mass is 400 g/mol. The SMILES string of the molecule is O=C(COC(=O)C[C@@H]1C[C@@H]2CC[C@@H]1C2)Nc1ccc([N+](=O)[O-])cc1C(F)(F)F. The van der Waals surface area contributed by atoms with E-state index in [0.717, 1.165) is 31.4 Å². The van der Waals surface area contributed by atoms with E-state index in [0.29, 0.717) is 17.9 Å². The molecule has 0 saturated heterocycles. The Kier molecular flexibility index (Phi) is 5.57. The van der Waals surface area contributed by atoms with E-state index in [2.05, 4.69) is 0 Å². The fraction of sp³-hybridized carbons (Fsp3) is 0.556. The number of anilines is 1. The Morgan fingerprint density at radius 2 is 2.00 bits per heavy atom. The molecule has 7 nitrogen and oxygen atoms in total. The molecular formula is C18H19F3N2O5. The lowest BCUT2D eigenvalue weighted by Crippen LogP contribution is -2.24. The Morgan fingerprint density at radius 3 is 2.57 bits per heavy atom. The van der Waals surface area contributed by atoms with Gasteiger partial charge in [-0.1, -0.05) is 6.42 Å². The molecular weight excluding hydrogens is 381 g/mol. The number of alkyl halides is 3. The molecule has 1 amide bonds. The number of nitro benzene ring substituents is 1. The van der Waals surface area contributed by atoms with Crippen LogP contribution in [-0.2, 0) is 20.5 Å². The fourth-order valence-corrected chi connectivity index (χ4v) is 4.22. The maximum atomic E-state index is 13.1. The highest BCUT2D eigenvalue weighted by atomic mass is 19.4. The first-order valence-corrected chi connectivity index (χ1v) is 8.94. The van der Waals surface area contributed by atoms with E-state index >= 15 is 0 Å². The Balaban J connectivity index is 1.55. The van der Waals surface area contributed by atoms with Crippen LogP contribution in [0.1, 0.15) is 37.7 Å². The molecule has 3 rings (SSSR count). The van der Waals surface area contributed by atoms with E-state index in [9.17, 15) is 32.9 Å². The molecule has 0 radical (unpaired) electrons. The van der Waals surface area contributed by atoms with E-state index in [1.54, 1.807) is 0 Å². The van der Waals surface area contributed by atoms with Gasteiger partial charge in [0.05, 0.1) is 16.2 Å². The number of hydrogen-bond acceptors (Lipinski definition) is 5. The number of benzene rings is 1. The minimum atomic E-state index is -4.90. The maximum Gasteiger partial charge on any atom is 0.418 e. The molecule has 0 spiro atoms. The van der Waals surface area contributed by atoms with Gasteiger partial charge in [-0.05, 0) is 43.1 Å². The van der Waals surface area contributed by atoms with Crippen LogP contribution in [0.25, 0.3) is 0 Å². The van der Waals surface area contributed by atoms with Crippen molar-refractivity contribution in [1.82, 2.24) is 0 Å². The van der Waals surface area contributed by atoms with Crippen molar-refractivity contribution in [3.05, 3.63) is 33.9 Å². The number of halogens is 3. The van der Waals surface area contributed by atoms with Gasteiger partial charge in [0.15, 0.2) is 6.61 Å². The van der Waals surface area contributed by atoms with E-state index in [4.69, 9.17) is 4.74 Å². The van der Waals surface area contributed by atoms with Crippen molar-refractivity contribution in [2.75, 3.05) is 11.9 Å². The number of hydrogen-bond donors (Lipinski definition) is 1. The van der Waals surface area contributed by atoms with Gasteiger partial charge in [0.1, 0.15) is 0 Å². The van der Waals surface area contributed by atoms with Gasteiger partial charge in [0.2, 0.25) is 0 Å². The molecule has 2 saturated carbocycles. The Hall–Kier alpha value is -2.65. The first kappa shape index (κ1) is 20.1. The molecule has 0 unspecified atom stereocenters. The summed E-state index contributed by atoms with van der Waals surface area (Å²) in [5.41, 5.74) is -2.72. The molecule has 0 heterocycles. The van der Waals surface area contributed by atoms with Crippen LogP contribution in [-0.4, -0.2) is 23.4 Å². The number of rotatable bonds is 6. The van der Waals surface area contributed by atoms with Crippen molar-refractivity contribution < 1.29 is 32.4 Å². The third-order valence-electron chi connectivity index (χ3n) is 5.47. The van der Waals surface area contributed by atoms with Gasteiger partial charge in [-0.25, -0.2) is 0 Å². The van der Waals surface area contributed by atoms with Crippen LogP contribution in [0.15, 0.2) is 18.2 Å². The minimum Gasteiger partial charge on any atom is -0.456 e. The molecule has 2 bridgehead atoms. The molecule has 0 aromatic heterocycles. The van der Waals surface area contributed by atoms with Crippen LogP contribution in [0.4, 0.5) is 24.5 Å². The standard InChI is InChI=1S/C18H19F3N2O5/c19-18(20,21)14-8-13(23(26)27)3-4-15(14)22-16(24)9-28-17(25)7-12-6-10-1-2-11(12)5-10/h3-4,8,10-12H,1-2,5-7,9H2,(H,22,24)/t10-,11-,12+/m1/s1. The Labute approximate surface area is 158 Å². The third-order valence-corrected chi connectivity index (χ3v) is 5.47. The molecule has 2 aliphatic carbocycles. The molecule has 152 valence electrons. The van der Waals surface area contributed by atoms with Gasteiger partial charge in [-0.3, -0.25) is 19.7 Å². The van der Waals surface area contributed by atoms with E-state index in [1.807, 2.05) is 5.32 Å². The summed E-state index contributed by atoms with van der Waals surface area (Å²) in [6.45, 7) is -0.714. The van der Waals surface area contributed by atoms with E-state index < -0.39 is 46.5 Å². The van der Waals surface area contributed by atoms with Gasteiger partial charge in [-0.15, -0.1) is 0 Å². The number of non-ortho nitro benzene ring substituents is 1. The number of nitrogens with zero attached hydrogens (tertiary/aromatic N) is 1. The quantitative estimate of drug-likeness (QED) is 0.443. The number of carbonyl (C=O) groups excluding carboxylic acids is 2. The number of esters is 1. The lowest BCUT2D eigenvalue weighted by molar-refractivity contribution is -0.385. The Morgan fingerprint density at radius 1 is 1.25 bits per heavy atom. The van der Waals surface area contributed by atoms with E-state index in [1.165, 1.54) is 6.42 Å². The largest absolute Gasteiger partial charge is 0.456 e. The summed E-state index contributed by atoms with van der Waals surface area (Å²) in [7, 11) is 0. The van der Waals surface area contributed by atoms with Gasteiger partial charge in [0.25, 0.3) is 11.6 Å². The highest BCUT2D eigenvalue weighted by molar-refractivity contribution is 5.93. The third kappa shape index (κ3) is 4.60. The minimum absolute atomic E-state index is 0.208. The summed E-state index contributed by atoms with van der Waals surface area (Å²) < 4.78 is 44.2. The Bertz CT molecular complexity index is 796. The van der Waals surface area contributed by atoms with Crippen molar-refractivity contribution in [1.29, 1.82) is 0 Å². The van der Waals surface area contributed by atoms with Crippen molar-refractivity contribution in [3.8, 4) is 0 Å². The van der Waals surface area contributed by atoms with Gasteiger partial charge in [-0.2, -0.15) is 13.2 Å². The zero-order valence-corrected chi connectivity index (χ0v) is 14.8. The smallest absolute Gasteiger partial charge is 0.418 e. The summed E-state index contributed by atoms with van der Waals surface area (Å²) in [5.74, 6) is -0.0660. The van der Waals surface area contributed by atoms with Crippen molar-refractivity contribution in [3.63, 3.8) is 0 Å². The second-order valence-electron chi connectivity index (χ2n) is 7.33. The number of nitrogens with one attached hydrogen (secondary N) is 1. The van der Waals surface area contributed by atoms with Crippen molar-refractivity contribution in [2.45, 2.75) is 38.3 Å². The predicted octanol–water partition coefficient (Wildman–Crippen LogP) is 3.92. The number of nitro groups is 1. The molecule has 2 fully saturated rings. The van der Waals surface area contributed by atoms with Gasteiger partial charge < -0.3 is 10.1 Å². The molecule has 0 aliphatic heterocycles. The molecule has 28 heavy (non-hydrogen) atoms. The number of carbonyl (C=O) groups is 2. The lowest BCUT2D eigenvalue weighted by atomic mass is 9.86. The zero-order chi connectivity index (χ0) is 20.5. The average molecular weight is 400 g/mol. The average Bonchev–Trinajstić information content (AvgIpc) is 3.22. The first-order valence-electron chi connectivity index (χ1n) is 8.94. The van der Waals surface area contributed by atoms with Crippen molar-refractivity contribution in [2.24, 2.45) is 17.8 Å². The number of fused-ring (bicyclic) bond motifs is 2. The summed E-state index contributed by atoms with van der Waals surface area (Å²) in [6.07, 6.45) is -0.297. The highest BCUT2D eigenvalue weighted by Crippen LogP contribution is 2.49. The topological polar surface area (TPSA) is 98.5 Å². The molecule has 1 aromatic carbocycles.